The monoisotopic (exact) mass is 296 g/mol. The van der Waals surface area contributed by atoms with Gasteiger partial charge in [0.05, 0.1) is 5.56 Å². The van der Waals surface area contributed by atoms with Gasteiger partial charge in [0, 0.05) is 11.3 Å². The van der Waals surface area contributed by atoms with E-state index in [0.717, 1.165) is 4.90 Å². The summed E-state index contributed by atoms with van der Waals surface area (Å²) in [6.45, 7) is 0. The smallest absolute Gasteiger partial charge is 0.326 e. The van der Waals surface area contributed by atoms with E-state index >= 15 is 0 Å². The summed E-state index contributed by atoms with van der Waals surface area (Å²) in [5.41, 5.74) is 5.39. The Kier molecular flexibility index (Phi) is 6.05. The van der Waals surface area contributed by atoms with Crippen molar-refractivity contribution < 1.29 is 19.5 Å². The predicted octanol–water partition coefficient (Wildman–Crippen LogP) is 0.857. The summed E-state index contributed by atoms with van der Waals surface area (Å²) in [5.74, 6) is -2.27. The molecule has 20 heavy (non-hydrogen) atoms. The molecule has 1 rings (SSSR count). The van der Waals surface area contributed by atoms with Crippen LogP contribution >= 0.6 is 11.8 Å². The minimum absolute atomic E-state index is 0.0299. The van der Waals surface area contributed by atoms with Crippen molar-refractivity contribution in [2.75, 3.05) is 6.26 Å². The van der Waals surface area contributed by atoms with Crippen LogP contribution in [-0.2, 0) is 9.59 Å². The Balaban J connectivity index is 2.80. The normalized spacial score (nSPS) is 11.7. The Bertz CT molecular complexity index is 519. The standard InChI is InChI=1S/C13H16N2O4S/c1-20-10-5-3-2-4-8(10)12(17)15-9(13(18)19)6-7-11(14)16/h2-5,9H,6-7H2,1H3,(H2,14,16)(H,15,17)(H,18,19)/t9-/m1/s1. The molecule has 4 N–H and O–H groups in total. The molecule has 0 spiro atoms. The van der Waals surface area contributed by atoms with Crippen molar-refractivity contribution in [3.05, 3.63) is 29.8 Å². The summed E-state index contributed by atoms with van der Waals surface area (Å²) in [4.78, 5) is 34.6. The van der Waals surface area contributed by atoms with Crippen LogP contribution < -0.4 is 11.1 Å². The number of carbonyl (C=O) groups is 3. The number of nitrogens with one attached hydrogen (secondary N) is 1. The van der Waals surface area contributed by atoms with E-state index in [-0.39, 0.29) is 12.8 Å². The Labute approximate surface area is 120 Å². The summed E-state index contributed by atoms with van der Waals surface area (Å²) >= 11 is 1.40. The van der Waals surface area contributed by atoms with Crippen molar-refractivity contribution in [3.63, 3.8) is 0 Å². The Morgan fingerprint density at radius 2 is 2.00 bits per heavy atom. The number of carboxylic acid groups (broad SMARTS) is 1. The van der Waals surface area contributed by atoms with Gasteiger partial charge in [0.25, 0.3) is 5.91 Å². The average Bonchev–Trinajstić information content (AvgIpc) is 2.42. The highest BCUT2D eigenvalue weighted by molar-refractivity contribution is 7.98. The number of carbonyl (C=O) groups excluding carboxylic acids is 2. The summed E-state index contributed by atoms with van der Waals surface area (Å²) in [6, 6.07) is 5.76. The van der Waals surface area contributed by atoms with Gasteiger partial charge in [0.15, 0.2) is 0 Å². The molecule has 7 heteroatoms. The second-order valence-electron chi connectivity index (χ2n) is 4.07. The van der Waals surface area contributed by atoms with Gasteiger partial charge in [-0.15, -0.1) is 11.8 Å². The number of aliphatic carboxylic acids is 1. The zero-order chi connectivity index (χ0) is 15.1. The van der Waals surface area contributed by atoms with Crippen molar-refractivity contribution in [1.29, 1.82) is 0 Å². The number of rotatable bonds is 7. The molecule has 0 radical (unpaired) electrons. The SMILES string of the molecule is CSc1ccccc1C(=O)N[C@H](CCC(N)=O)C(=O)O. The Morgan fingerprint density at radius 3 is 2.55 bits per heavy atom. The molecule has 2 amide bonds. The van der Waals surface area contributed by atoms with E-state index in [1.165, 1.54) is 11.8 Å². The van der Waals surface area contributed by atoms with Gasteiger partial charge in [0.2, 0.25) is 5.91 Å². The highest BCUT2D eigenvalue weighted by Crippen LogP contribution is 2.19. The highest BCUT2D eigenvalue weighted by Gasteiger charge is 2.22. The van der Waals surface area contributed by atoms with Crippen LogP contribution in [0.15, 0.2) is 29.2 Å². The fourth-order valence-electron chi connectivity index (χ4n) is 1.61. The Hall–Kier alpha value is -2.02. The van der Waals surface area contributed by atoms with E-state index < -0.39 is 23.8 Å². The van der Waals surface area contributed by atoms with Gasteiger partial charge < -0.3 is 16.2 Å². The zero-order valence-electron chi connectivity index (χ0n) is 11.0. The van der Waals surface area contributed by atoms with Crippen LogP contribution in [0.1, 0.15) is 23.2 Å². The number of benzene rings is 1. The Morgan fingerprint density at radius 1 is 1.35 bits per heavy atom. The largest absolute Gasteiger partial charge is 0.480 e. The van der Waals surface area contributed by atoms with Crippen LogP contribution in [0.25, 0.3) is 0 Å². The van der Waals surface area contributed by atoms with Crippen molar-refractivity contribution in [1.82, 2.24) is 5.32 Å². The molecule has 6 nitrogen and oxygen atoms in total. The minimum Gasteiger partial charge on any atom is -0.480 e. The molecule has 0 aromatic heterocycles. The molecule has 0 aliphatic heterocycles. The summed E-state index contributed by atoms with van der Waals surface area (Å²) in [5, 5.41) is 11.4. The summed E-state index contributed by atoms with van der Waals surface area (Å²) < 4.78 is 0. The molecule has 0 heterocycles. The number of primary amides is 1. The van der Waals surface area contributed by atoms with Crippen LogP contribution in [0.4, 0.5) is 0 Å². The maximum Gasteiger partial charge on any atom is 0.326 e. The number of thioether (sulfide) groups is 1. The van der Waals surface area contributed by atoms with Gasteiger partial charge >= 0.3 is 5.97 Å². The predicted molar refractivity (Wildman–Crippen MR) is 75.5 cm³/mol. The second-order valence-corrected chi connectivity index (χ2v) is 4.92. The molecule has 0 aliphatic rings. The van der Waals surface area contributed by atoms with E-state index in [2.05, 4.69) is 5.32 Å². The maximum atomic E-state index is 12.1. The van der Waals surface area contributed by atoms with Crippen LogP contribution in [0.2, 0.25) is 0 Å². The molecular weight excluding hydrogens is 280 g/mol. The number of carboxylic acids is 1. The topological polar surface area (TPSA) is 109 Å². The van der Waals surface area contributed by atoms with Gasteiger partial charge in [-0.05, 0) is 24.8 Å². The van der Waals surface area contributed by atoms with Gasteiger partial charge in [-0.2, -0.15) is 0 Å². The molecule has 0 unspecified atom stereocenters. The third-order valence-electron chi connectivity index (χ3n) is 2.63. The van der Waals surface area contributed by atoms with E-state index in [1.807, 2.05) is 6.26 Å². The third kappa shape index (κ3) is 4.58. The molecule has 1 aromatic rings. The van der Waals surface area contributed by atoms with Crippen molar-refractivity contribution in [2.24, 2.45) is 5.73 Å². The average molecular weight is 296 g/mol. The molecule has 0 bridgehead atoms. The summed E-state index contributed by atoms with van der Waals surface area (Å²) in [7, 11) is 0. The van der Waals surface area contributed by atoms with Crippen LogP contribution in [0.3, 0.4) is 0 Å². The first-order chi connectivity index (χ1) is 9.45. The molecule has 0 aliphatic carbocycles. The van der Waals surface area contributed by atoms with Crippen molar-refractivity contribution in [3.8, 4) is 0 Å². The minimum atomic E-state index is -1.19. The van der Waals surface area contributed by atoms with E-state index in [9.17, 15) is 14.4 Å². The van der Waals surface area contributed by atoms with E-state index in [4.69, 9.17) is 10.8 Å². The van der Waals surface area contributed by atoms with Crippen molar-refractivity contribution in [2.45, 2.75) is 23.8 Å². The lowest BCUT2D eigenvalue weighted by Gasteiger charge is -2.15. The van der Waals surface area contributed by atoms with Crippen LogP contribution in [0.5, 0.6) is 0 Å². The lowest BCUT2D eigenvalue weighted by molar-refractivity contribution is -0.139. The highest BCUT2D eigenvalue weighted by atomic mass is 32.2. The third-order valence-corrected chi connectivity index (χ3v) is 3.43. The van der Waals surface area contributed by atoms with Gasteiger partial charge in [-0.25, -0.2) is 4.79 Å². The first-order valence-corrected chi connectivity index (χ1v) is 7.13. The number of hydrogen-bond donors (Lipinski definition) is 3. The maximum absolute atomic E-state index is 12.1. The number of hydrogen-bond acceptors (Lipinski definition) is 4. The zero-order valence-corrected chi connectivity index (χ0v) is 11.8. The fraction of sp³-hybridized carbons (Fsp3) is 0.308. The first kappa shape index (κ1) is 16.0. The van der Waals surface area contributed by atoms with Gasteiger partial charge in [-0.1, -0.05) is 12.1 Å². The quantitative estimate of drug-likeness (QED) is 0.646. The number of amides is 2. The van der Waals surface area contributed by atoms with Crippen LogP contribution in [-0.4, -0.2) is 35.2 Å². The summed E-state index contributed by atoms with van der Waals surface area (Å²) in [6.07, 6.45) is 1.70. The lowest BCUT2D eigenvalue weighted by atomic mass is 10.1. The van der Waals surface area contributed by atoms with Gasteiger partial charge in [-0.3, -0.25) is 9.59 Å². The van der Waals surface area contributed by atoms with Gasteiger partial charge in [0.1, 0.15) is 6.04 Å². The molecule has 1 aromatic carbocycles. The second kappa shape index (κ2) is 7.54. The molecule has 108 valence electrons. The molecule has 0 fully saturated rings. The van der Waals surface area contributed by atoms with Crippen molar-refractivity contribution >= 4 is 29.5 Å². The fourth-order valence-corrected chi connectivity index (χ4v) is 2.21. The van der Waals surface area contributed by atoms with Crippen LogP contribution in [0, 0.1) is 0 Å². The molecule has 0 saturated carbocycles. The lowest BCUT2D eigenvalue weighted by Crippen LogP contribution is -2.41. The molecule has 0 saturated heterocycles. The van der Waals surface area contributed by atoms with E-state index in [1.54, 1.807) is 24.3 Å². The first-order valence-electron chi connectivity index (χ1n) is 5.90. The molecule has 1 atom stereocenters. The van der Waals surface area contributed by atoms with E-state index in [0.29, 0.717) is 5.56 Å². The number of nitrogens with two attached hydrogens (primary N) is 1. The molecular formula is C13H16N2O4S.